The Labute approximate surface area is 171 Å². The van der Waals surface area contributed by atoms with E-state index in [4.69, 9.17) is 0 Å². The van der Waals surface area contributed by atoms with E-state index in [0.29, 0.717) is 29.8 Å². The van der Waals surface area contributed by atoms with Gasteiger partial charge in [0.2, 0.25) is 5.91 Å². The standard InChI is InChI=1S/C18H27N5O2.2ClH/c1-10-7-8-19-9-14(10)21-15(24)6-5-13-11(2)16-17(20-12(13)3)23(4)22-18(16)25;;/h10,14,19H,5-9H2,1-4H3,(H,21,24)(H,22,25);2*1H. The van der Waals surface area contributed by atoms with Gasteiger partial charge < -0.3 is 10.6 Å². The molecule has 2 aromatic heterocycles. The zero-order valence-corrected chi connectivity index (χ0v) is 17.9. The van der Waals surface area contributed by atoms with Crippen LogP contribution in [-0.2, 0) is 18.3 Å². The molecule has 0 aliphatic carbocycles. The van der Waals surface area contributed by atoms with Crippen molar-refractivity contribution in [3.8, 4) is 0 Å². The third-order valence-electron chi connectivity index (χ3n) is 5.35. The van der Waals surface area contributed by atoms with E-state index in [1.165, 1.54) is 0 Å². The molecule has 2 atom stereocenters. The number of H-pyrrole nitrogens is 1. The van der Waals surface area contributed by atoms with Crippen molar-refractivity contribution in [3.63, 3.8) is 0 Å². The van der Waals surface area contributed by atoms with Gasteiger partial charge in [-0.05, 0) is 50.3 Å². The van der Waals surface area contributed by atoms with Gasteiger partial charge in [0.15, 0.2) is 5.65 Å². The van der Waals surface area contributed by atoms with Crippen molar-refractivity contribution in [2.24, 2.45) is 13.0 Å². The highest BCUT2D eigenvalue weighted by atomic mass is 35.5. The normalized spacial score (nSPS) is 19.3. The maximum Gasteiger partial charge on any atom is 0.273 e. The van der Waals surface area contributed by atoms with Gasteiger partial charge in [0.05, 0.1) is 5.39 Å². The van der Waals surface area contributed by atoms with E-state index in [0.717, 1.165) is 36.3 Å². The van der Waals surface area contributed by atoms with E-state index in [-0.39, 0.29) is 42.3 Å². The molecule has 27 heavy (non-hydrogen) atoms. The number of carbonyl (C=O) groups is 1. The molecule has 1 amide bonds. The van der Waals surface area contributed by atoms with E-state index in [1.54, 1.807) is 11.7 Å². The first-order valence-electron chi connectivity index (χ1n) is 8.93. The number of nitrogens with zero attached hydrogens (tertiary/aromatic N) is 2. The first kappa shape index (κ1) is 23.5. The van der Waals surface area contributed by atoms with E-state index >= 15 is 0 Å². The van der Waals surface area contributed by atoms with E-state index in [9.17, 15) is 9.59 Å². The first-order chi connectivity index (χ1) is 11.9. The molecule has 2 unspecified atom stereocenters. The van der Waals surface area contributed by atoms with Crippen molar-refractivity contribution < 1.29 is 4.79 Å². The molecule has 0 saturated carbocycles. The predicted octanol–water partition coefficient (Wildman–Crippen LogP) is 1.77. The summed E-state index contributed by atoms with van der Waals surface area (Å²) >= 11 is 0. The molecule has 1 aliphatic heterocycles. The minimum atomic E-state index is -0.129. The van der Waals surface area contributed by atoms with Crippen LogP contribution in [0.3, 0.4) is 0 Å². The SMILES string of the molecule is Cc1nc2c(c(C)c1CCC(=O)NC1CNCCC1C)c(=O)[nH]n2C.Cl.Cl. The van der Waals surface area contributed by atoms with E-state index < -0.39 is 0 Å². The van der Waals surface area contributed by atoms with Crippen molar-refractivity contribution in [2.75, 3.05) is 13.1 Å². The smallest absolute Gasteiger partial charge is 0.273 e. The molecular weight excluding hydrogens is 389 g/mol. The van der Waals surface area contributed by atoms with Gasteiger partial charge >= 0.3 is 0 Å². The first-order valence-corrected chi connectivity index (χ1v) is 8.93. The molecule has 1 aliphatic rings. The molecule has 9 heteroatoms. The summed E-state index contributed by atoms with van der Waals surface area (Å²) in [5.74, 6) is 0.552. The molecule has 3 rings (SSSR count). The predicted molar refractivity (Wildman–Crippen MR) is 112 cm³/mol. The van der Waals surface area contributed by atoms with Crippen molar-refractivity contribution in [1.29, 1.82) is 0 Å². The quantitative estimate of drug-likeness (QED) is 0.706. The van der Waals surface area contributed by atoms with Crippen molar-refractivity contribution in [1.82, 2.24) is 25.4 Å². The zero-order valence-electron chi connectivity index (χ0n) is 16.2. The maximum atomic E-state index is 12.4. The lowest BCUT2D eigenvalue weighted by Gasteiger charge is -2.30. The van der Waals surface area contributed by atoms with Gasteiger partial charge in [0.25, 0.3) is 5.56 Å². The van der Waals surface area contributed by atoms with Crippen LogP contribution in [0.1, 0.15) is 36.6 Å². The Morgan fingerprint density at radius 3 is 2.70 bits per heavy atom. The number of amides is 1. The highest BCUT2D eigenvalue weighted by Crippen LogP contribution is 2.21. The molecular formula is C18H29Cl2N5O2. The number of hydrogen-bond donors (Lipinski definition) is 3. The average molecular weight is 418 g/mol. The fourth-order valence-electron chi connectivity index (χ4n) is 3.72. The van der Waals surface area contributed by atoms with Gasteiger partial charge in [-0.15, -0.1) is 24.8 Å². The van der Waals surface area contributed by atoms with Crippen molar-refractivity contribution >= 4 is 41.8 Å². The van der Waals surface area contributed by atoms with Gasteiger partial charge in [-0.2, -0.15) is 0 Å². The number of rotatable bonds is 4. The highest BCUT2D eigenvalue weighted by molar-refractivity contribution is 5.85. The summed E-state index contributed by atoms with van der Waals surface area (Å²) in [4.78, 5) is 29.0. The van der Waals surface area contributed by atoms with Gasteiger partial charge in [-0.25, -0.2) is 4.98 Å². The number of carbonyl (C=O) groups excluding carboxylic acids is 1. The second-order valence-electron chi connectivity index (χ2n) is 7.14. The van der Waals surface area contributed by atoms with Crippen molar-refractivity contribution in [2.45, 2.75) is 46.1 Å². The molecule has 7 nitrogen and oxygen atoms in total. The second kappa shape index (κ2) is 9.57. The minimum Gasteiger partial charge on any atom is -0.352 e. The Balaban J connectivity index is 0.00000182. The Morgan fingerprint density at radius 2 is 2.04 bits per heavy atom. The topological polar surface area (TPSA) is 91.8 Å². The Bertz CT molecular complexity index is 862. The maximum absolute atomic E-state index is 12.4. The van der Waals surface area contributed by atoms with Gasteiger partial charge in [-0.1, -0.05) is 6.92 Å². The molecule has 1 saturated heterocycles. The Morgan fingerprint density at radius 1 is 1.33 bits per heavy atom. The van der Waals surface area contributed by atoms with Gasteiger partial charge in [-0.3, -0.25) is 19.4 Å². The molecule has 0 radical (unpaired) electrons. The molecule has 152 valence electrons. The number of halogens is 2. The fourth-order valence-corrected chi connectivity index (χ4v) is 3.72. The van der Waals surface area contributed by atoms with Gasteiger partial charge in [0, 0.05) is 31.7 Å². The Kier molecular flexibility index (Phi) is 8.32. The van der Waals surface area contributed by atoms with Gasteiger partial charge in [0.1, 0.15) is 0 Å². The summed E-state index contributed by atoms with van der Waals surface area (Å²) in [6.07, 6.45) is 2.08. The van der Waals surface area contributed by atoms with Crippen LogP contribution in [0.2, 0.25) is 0 Å². The lowest BCUT2D eigenvalue weighted by Crippen LogP contribution is -2.50. The largest absolute Gasteiger partial charge is 0.352 e. The summed E-state index contributed by atoms with van der Waals surface area (Å²) in [6, 6.07) is 0.195. The number of aryl methyl sites for hydroxylation is 3. The molecule has 3 N–H and O–H groups in total. The van der Waals surface area contributed by atoms with Crippen LogP contribution in [0.4, 0.5) is 0 Å². The second-order valence-corrected chi connectivity index (χ2v) is 7.14. The molecule has 3 heterocycles. The number of aromatic nitrogens is 3. The molecule has 2 aromatic rings. The monoisotopic (exact) mass is 417 g/mol. The third kappa shape index (κ3) is 4.83. The molecule has 0 aromatic carbocycles. The van der Waals surface area contributed by atoms with Crippen LogP contribution in [0.15, 0.2) is 4.79 Å². The number of pyridine rings is 1. The third-order valence-corrected chi connectivity index (χ3v) is 5.35. The summed E-state index contributed by atoms with van der Waals surface area (Å²) in [6.45, 7) is 7.90. The minimum absolute atomic E-state index is 0. The molecule has 0 spiro atoms. The van der Waals surface area contributed by atoms with Crippen LogP contribution >= 0.6 is 24.8 Å². The summed E-state index contributed by atoms with van der Waals surface area (Å²) < 4.78 is 1.64. The average Bonchev–Trinajstić information content (AvgIpc) is 2.83. The summed E-state index contributed by atoms with van der Waals surface area (Å²) in [5.41, 5.74) is 3.32. The van der Waals surface area contributed by atoms with Crippen LogP contribution in [0.25, 0.3) is 11.0 Å². The number of aromatic amines is 1. The summed E-state index contributed by atoms with van der Waals surface area (Å²) in [7, 11) is 1.78. The zero-order chi connectivity index (χ0) is 18.1. The lowest BCUT2D eigenvalue weighted by atomic mass is 9.94. The highest BCUT2D eigenvalue weighted by Gasteiger charge is 2.23. The lowest BCUT2D eigenvalue weighted by molar-refractivity contribution is -0.122. The summed E-state index contributed by atoms with van der Waals surface area (Å²) in [5, 5.41) is 9.83. The number of hydrogen-bond acceptors (Lipinski definition) is 4. The fraction of sp³-hybridized carbons (Fsp3) is 0.611. The van der Waals surface area contributed by atoms with E-state index in [1.807, 2.05) is 13.8 Å². The van der Waals surface area contributed by atoms with Crippen molar-refractivity contribution in [3.05, 3.63) is 27.2 Å². The van der Waals surface area contributed by atoms with Crippen LogP contribution in [0, 0.1) is 19.8 Å². The molecule has 0 bridgehead atoms. The van der Waals surface area contributed by atoms with Crippen LogP contribution in [0.5, 0.6) is 0 Å². The Hall–Kier alpha value is -1.57. The molecule has 1 fully saturated rings. The van der Waals surface area contributed by atoms with E-state index in [2.05, 4.69) is 27.6 Å². The van der Waals surface area contributed by atoms with Crippen LogP contribution in [-0.4, -0.2) is 39.8 Å². The number of nitrogens with one attached hydrogen (secondary N) is 3. The van der Waals surface area contributed by atoms with Crippen LogP contribution < -0.4 is 16.2 Å². The number of piperidine rings is 1. The number of fused-ring (bicyclic) bond motifs is 1.